The summed E-state index contributed by atoms with van der Waals surface area (Å²) in [6.45, 7) is 2.95. The highest BCUT2D eigenvalue weighted by Crippen LogP contribution is 2.28. The second kappa shape index (κ2) is 7.63. The molecule has 1 heterocycles. The minimum atomic E-state index is -3.34. The van der Waals surface area contributed by atoms with E-state index in [4.69, 9.17) is 0 Å². The summed E-state index contributed by atoms with van der Waals surface area (Å²) in [6.07, 6.45) is 3.46. The molecule has 0 aliphatic carbocycles. The summed E-state index contributed by atoms with van der Waals surface area (Å²) >= 11 is 0. The summed E-state index contributed by atoms with van der Waals surface area (Å²) in [4.78, 5) is 11.8. The van der Waals surface area contributed by atoms with Gasteiger partial charge in [0, 0.05) is 13.1 Å². The largest absolute Gasteiger partial charge is 0.338 e. The van der Waals surface area contributed by atoms with Crippen LogP contribution in [0.1, 0.15) is 32.6 Å². The van der Waals surface area contributed by atoms with Crippen LogP contribution in [0.3, 0.4) is 0 Å². The molecule has 1 aliphatic heterocycles. The number of nitrogens with zero attached hydrogens (tertiary/aromatic N) is 1. The first-order chi connectivity index (χ1) is 10.9. The molecule has 0 unspecified atom stereocenters. The van der Waals surface area contributed by atoms with Crippen molar-refractivity contribution < 1.29 is 17.6 Å². The van der Waals surface area contributed by atoms with Crippen LogP contribution in [0.4, 0.5) is 20.6 Å². The van der Waals surface area contributed by atoms with Crippen LogP contribution in [0.2, 0.25) is 0 Å². The summed E-state index contributed by atoms with van der Waals surface area (Å²) < 4.78 is 38.9. The Labute approximate surface area is 136 Å². The molecule has 1 aliphatic rings. The molecule has 0 saturated carbocycles. The third-order valence-corrected chi connectivity index (χ3v) is 5.52. The average Bonchev–Trinajstić information content (AvgIpc) is 2.85. The number of nitrogens with one attached hydrogen (secondary N) is 2. The lowest BCUT2D eigenvalue weighted by Crippen LogP contribution is -2.30. The van der Waals surface area contributed by atoms with Gasteiger partial charge < -0.3 is 10.6 Å². The van der Waals surface area contributed by atoms with E-state index >= 15 is 0 Å². The van der Waals surface area contributed by atoms with E-state index in [1.54, 1.807) is 0 Å². The van der Waals surface area contributed by atoms with Crippen molar-refractivity contribution in [1.29, 1.82) is 0 Å². The Hall–Kier alpha value is -1.83. The molecule has 0 radical (unpaired) electrons. The number of hydrogen-bond donors (Lipinski definition) is 2. The number of urea groups is 1. The number of carbonyl (C=O) groups is 1. The Kier molecular flexibility index (Phi) is 5.81. The van der Waals surface area contributed by atoms with Gasteiger partial charge in [0.25, 0.3) is 0 Å². The second-order valence-electron chi connectivity index (χ2n) is 5.49. The zero-order valence-electron chi connectivity index (χ0n) is 13.1. The maximum atomic E-state index is 13.8. The van der Waals surface area contributed by atoms with Gasteiger partial charge in [-0.15, -0.1) is 0 Å². The number of benzene rings is 1. The monoisotopic (exact) mass is 343 g/mol. The predicted octanol–water partition coefficient (Wildman–Crippen LogP) is 2.68. The number of unbranched alkanes of at least 4 members (excludes halogenated alkanes) is 2. The standard InChI is InChI=1S/C15H22FN3O3S/c1-2-3-4-8-17-15(20)18-14-11-12(6-7-13(14)16)19-9-5-10-23(19,21)22/h6-7,11H,2-5,8-10H2,1H3,(H2,17,18,20). The molecule has 0 bridgehead atoms. The molecule has 23 heavy (non-hydrogen) atoms. The summed E-state index contributed by atoms with van der Waals surface area (Å²) in [7, 11) is -3.34. The second-order valence-corrected chi connectivity index (χ2v) is 7.51. The first-order valence-electron chi connectivity index (χ1n) is 7.79. The maximum absolute atomic E-state index is 13.8. The fourth-order valence-electron chi connectivity index (χ4n) is 2.44. The molecule has 1 fully saturated rings. The van der Waals surface area contributed by atoms with Crippen LogP contribution < -0.4 is 14.9 Å². The fourth-order valence-corrected chi connectivity index (χ4v) is 3.99. The Morgan fingerprint density at radius 2 is 2.13 bits per heavy atom. The topological polar surface area (TPSA) is 78.5 Å². The number of rotatable bonds is 6. The van der Waals surface area contributed by atoms with E-state index in [1.165, 1.54) is 16.4 Å². The Bertz CT molecular complexity index is 664. The van der Waals surface area contributed by atoms with Gasteiger partial charge in [-0.2, -0.15) is 0 Å². The number of halogens is 1. The van der Waals surface area contributed by atoms with E-state index in [-0.39, 0.29) is 11.4 Å². The maximum Gasteiger partial charge on any atom is 0.319 e. The van der Waals surface area contributed by atoms with Gasteiger partial charge in [0.1, 0.15) is 5.82 Å². The van der Waals surface area contributed by atoms with Crippen molar-refractivity contribution in [3.05, 3.63) is 24.0 Å². The number of anilines is 2. The van der Waals surface area contributed by atoms with Gasteiger partial charge in [-0.1, -0.05) is 19.8 Å². The first kappa shape index (κ1) is 17.5. The van der Waals surface area contributed by atoms with Crippen LogP contribution in [0.5, 0.6) is 0 Å². The average molecular weight is 343 g/mol. The fraction of sp³-hybridized carbons (Fsp3) is 0.533. The molecule has 0 atom stereocenters. The molecule has 6 nitrogen and oxygen atoms in total. The third-order valence-electron chi connectivity index (χ3n) is 3.65. The van der Waals surface area contributed by atoms with Gasteiger partial charge >= 0.3 is 6.03 Å². The Morgan fingerprint density at radius 1 is 1.35 bits per heavy atom. The van der Waals surface area contributed by atoms with Gasteiger partial charge in [0.2, 0.25) is 10.0 Å². The van der Waals surface area contributed by atoms with Crippen molar-refractivity contribution in [1.82, 2.24) is 5.32 Å². The van der Waals surface area contributed by atoms with Crippen molar-refractivity contribution in [3.8, 4) is 0 Å². The number of sulfonamides is 1. The van der Waals surface area contributed by atoms with Gasteiger partial charge in [0.05, 0.1) is 17.1 Å². The zero-order chi connectivity index (χ0) is 16.9. The van der Waals surface area contributed by atoms with E-state index in [9.17, 15) is 17.6 Å². The molecule has 1 aromatic rings. The van der Waals surface area contributed by atoms with Crippen LogP contribution in [-0.2, 0) is 10.0 Å². The van der Waals surface area contributed by atoms with Crippen LogP contribution in [-0.4, -0.2) is 33.3 Å². The van der Waals surface area contributed by atoms with Crippen LogP contribution in [0.25, 0.3) is 0 Å². The van der Waals surface area contributed by atoms with Gasteiger partial charge in [0.15, 0.2) is 0 Å². The quantitative estimate of drug-likeness (QED) is 0.780. The Balaban J connectivity index is 2.05. The number of hydrogen-bond acceptors (Lipinski definition) is 3. The Morgan fingerprint density at radius 3 is 2.78 bits per heavy atom. The molecular weight excluding hydrogens is 321 g/mol. The molecule has 8 heteroatoms. The zero-order valence-corrected chi connectivity index (χ0v) is 14.0. The van der Waals surface area contributed by atoms with Crippen molar-refractivity contribution >= 4 is 27.4 Å². The molecule has 0 aromatic heterocycles. The van der Waals surface area contributed by atoms with Gasteiger partial charge in [-0.05, 0) is 31.0 Å². The molecule has 0 spiro atoms. The molecule has 2 rings (SSSR count). The minimum Gasteiger partial charge on any atom is -0.338 e. The molecule has 1 saturated heterocycles. The minimum absolute atomic E-state index is 0.0300. The summed E-state index contributed by atoms with van der Waals surface area (Å²) in [5.41, 5.74) is 0.336. The summed E-state index contributed by atoms with van der Waals surface area (Å²) in [6, 6.07) is 3.42. The lowest BCUT2D eigenvalue weighted by Gasteiger charge is -2.18. The van der Waals surface area contributed by atoms with E-state index < -0.39 is 21.9 Å². The highest BCUT2D eigenvalue weighted by atomic mass is 32.2. The third kappa shape index (κ3) is 4.57. The number of carbonyl (C=O) groups excluding carboxylic acids is 1. The van der Waals surface area contributed by atoms with E-state index in [1.807, 2.05) is 0 Å². The number of amides is 2. The van der Waals surface area contributed by atoms with Crippen LogP contribution in [0.15, 0.2) is 18.2 Å². The van der Waals surface area contributed by atoms with E-state index in [2.05, 4.69) is 17.6 Å². The molecule has 2 amide bonds. The molecular formula is C15H22FN3O3S. The van der Waals surface area contributed by atoms with E-state index in [0.717, 1.165) is 25.3 Å². The first-order valence-corrected chi connectivity index (χ1v) is 9.40. The van der Waals surface area contributed by atoms with Crippen LogP contribution >= 0.6 is 0 Å². The summed E-state index contributed by atoms with van der Waals surface area (Å²) in [5.74, 6) is -0.514. The van der Waals surface area contributed by atoms with Crippen molar-refractivity contribution in [2.24, 2.45) is 0 Å². The smallest absolute Gasteiger partial charge is 0.319 e. The SMILES string of the molecule is CCCCCNC(=O)Nc1cc(N2CCCS2(=O)=O)ccc1F. The van der Waals surface area contributed by atoms with Gasteiger partial charge in [-0.25, -0.2) is 17.6 Å². The predicted molar refractivity (Wildman–Crippen MR) is 88.7 cm³/mol. The van der Waals surface area contributed by atoms with Crippen molar-refractivity contribution in [3.63, 3.8) is 0 Å². The van der Waals surface area contributed by atoms with Gasteiger partial charge in [-0.3, -0.25) is 4.31 Å². The highest BCUT2D eigenvalue weighted by Gasteiger charge is 2.28. The normalized spacial score (nSPS) is 16.3. The van der Waals surface area contributed by atoms with Crippen molar-refractivity contribution in [2.75, 3.05) is 28.5 Å². The van der Waals surface area contributed by atoms with Crippen molar-refractivity contribution in [2.45, 2.75) is 32.6 Å². The highest BCUT2D eigenvalue weighted by molar-refractivity contribution is 7.93. The molecule has 2 N–H and O–H groups in total. The van der Waals surface area contributed by atoms with Crippen LogP contribution in [0, 0.1) is 5.82 Å². The van der Waals surface area contributed by atoms with E-state index in [0.29, 0.717) is 25.2 Å². The lowest BCUT2D eigenvalue weighted by molar-refractivity contribution is 0.252. The summed E-state index contributed by atoms with van der Waals surface area (Å²) in [5, 5.41) is 5.08. The molecule has 1 aromatic carbocycles. The lowest BCUT2D eigenvalue weighted by atomic mass is 10.2. The molecule has 128 valence electrons.